The molecule has 0 atom stereocenters. The summed E-state index contributed by atoms with van der Waals surface area (Å²) in [5, 5.41) is 19.5. The van der Waals surface area contributed by atoms with E-state index < -0.39 is 10.9 Å². The summed E-state index contributed by atoms with van der Waals surface area (Å²) in [6.45, 7) is 2.15. The van der Waals surface area contributed by atoms with E-state index in [0.29, 0.717) is 17.8 Å². The number of pyridine rings is 1. The molecule has 0 aliphatic rings. The van der Waals surface area contributed by atoms with Crippen LogP contribution in [0.15, 0.2) is 41.2 Å². The fraction of sp³-hybridized carbons (Fsp3) is 0.200. The van der Waals surface area contributed by atoms with Crippen molar-refractivity contribution in [3.8, 4) is 11.3 Å². The summed E-state index contributed by atoms with van der Waals surface area (Å²) in [6.07, 6.45) is -0.334. The van der Waals surface area contributed by atoms with Gasteiger partial charge >= 0.3 is 5.97 Å². The number of carboxylic acids is 1. The Labute approximate surface area is 125 Å². The van der Waals surface area contributed by atoms with Crippen LogP contribution in [-0.2, 0) is 17.8 Å². The highest BCUT2D eigenvalue weighted by atomic mass is 16.6. The van der Waals surface area contributed by atoms with Crippen molar-refractivity contribution in [1.29, 1.82) is 0 Å². The number of hydrogen-bond donors (Lipinski definition) is 1. The summed E-state index contributed by atoms with van der Waals surface area (Å²) in [7, 11) is 0. The second-order valence-electron chi connectivity index (χ2n) is 4.67. The molecule has 2 aromatic rings. The van der Waals surface area contributed by atoms with Gasteiger partial charge in [0.25, 0.3) is 11.2 Å². The van der Waals surface area contributed by atoms with Gasteiger partial charge in [-0.05, 0) is 30.7 Å². The molecular weight excluding hydrogens is 288 g/mol. The summed E-state index contributed by atoms with van der Waals surface area (Å²) < 4.78 is 1.46. The summed E-state index contributed by atoms with van der Waals surface area (Å²) in [5.74, 6) is -1.07. The normalized spacial score (nSPS) is 10.4. The van der Waals surface area contributed by atoms with E-state index in [4.69, 9.17) is 5.11 Å². The highest BCUT2D eigenvalue weighted by Crippen LogP contribution is 2.22. The van der Waals surface area contributed by atoms with Crippen molar-refractivity contribution in [3.63, 3.8) is 0 Å². The zero-order chi connectivity index (χ0) is 16.3. The van der Waals surface area contributed by atoms with E-state index in [0.717, 1.165) is 0 Å². The molecule has 0 spiro atoms. The van der Waals surface area contributed by atoms with Crippen LogP contribution in [0.1, 0.15) is 12.5 Å². The number of aliphatic carboxylic acids is 1. The monoisotopic (exact) mass is 302 g/mol. The Kier molecular flexibility index (Phi) is 4.36. The van der Waals surface area contributed by atoms with Crippen LogP contribution in [0.2, 0.25) is 0 Å². The third kappa shape index (κ3) is 3.03. The third-order valence-corrected chi connectivity index (χ3v) is 3.28. The van der Waals surface area contributed by atoms with Gasteiger partial charge in [0, 0.05) is 24.2 Å². The number of carbonyl (C=O) groups is 1. The molecule has 2 rings (SSSR count). The summed E-state index contributed by atoms with van der Waals surface area (Å²) in [6, 6.07) is 9.01. The summed E-state index contributed by atoms with van der Waals surface area (Å²) in [4.78, 5) is 33.2. The van der Waals surface area contributed by atoms with Crippen molar-refractivity contribution in [1.82, 2.24) is 4.57 Å². The molecule has 1 aromatic heterocycles. The number of carboxylic acid groups (broad SMARTS) is 1. The fourth-order valence-corrected chi connectivity index (χ4v) is 2.24. The zero-order valence-electron chi connectivity index (χ0n) is 11.9. The highest BCUT2D eigenvalue weighted by Gasteiger charge is 2.13. The van der Waals surface area contributed by atoms with Crippen LogP contribution in [0.25, 0.3) is 11.3 Å². The van der Waals surface area contributed by atoms with Gasteiger partial charge in [-0.1, -0.05) is 6.07 Å². The lowest BCUT2D eigenvalue weighted by Gasteiger charge is -2.12. The Morgan fingerprint density at radius 1 is 1.23 bits per heavy atom. The smallest absolute Gasteiger partial charge is 0.308 e. The van der Waals surface area contributed by atoms with E-state index in [1.165, 1.54) is 22.8 Å². The maximum atomic E-state index is 12.3. The molecular formula is C15H14N2O5. The van der Waals surface area contributed by atoms with E-state index in [1.54, 1.807) is 25.1 Å². The predicted molar refractivity (Wildman–Crippen MR) is 79.8 cm³/mol. The lowest BCUT2D eigenvalue weighted by molar-refractivity contribution is -0.384. The van der Waals surface area contributed by atoms with Gasteiger partial charge in [-0.3, -0.25) is 19.7 Å². The average Bonchev–Trinajstić information content (AvgIpc) is 2.48. The van der Waals surface area contributed by atoms with Gasteiger partial charge in [-0.25, -0.2) is 0 Å². The average molecular weight is 302 g/mol. The van der Waals surface area contributed by atoms with Crippen molar-refractivity contribution >= 4 is 11.7 Å². The molecule has 0 saturated heterocycles. The molecule has 0 radical (unpaired) electrons. The van der Waals surface area contributed by atoms with E-state index in [9.17, 15) is 19.7 Å². The summed E-state index contributed by atoms with van der Waals surface area (Å²) in [5.41, 5.74) is 1.07. The quantitative estimate of drug-likeness (QED) is 0.672. The summed E-state index contributed by atoms with van der Waals surface area (Å²) >= 11 is 0. The SMILES string of the molecule is CCn1c(-c2ccc([N+](=O)[O-])cc2)ccc(CC(=O)O)c1=O. The second-order valence-corrected chi connectivity index (χ2v) is 4.67. The van der Waals surface area contributed by atoms with Crippen LogP contribution in [0, 0.1) is 10.1 Å². The van der Waals surface area contributed by atoms with E-state index in [2.05, 4.69) is 0 Å². The molecule has 0 bridgehead atoms. The first-order valence-corrected chi connectivity index (χ1v) is 6.63. The molecule has 0 saturated carbocycles. The van der Waals surface area contributed by atoms with Gasteiger partial charge in [0.05, 0.1) is 17.0 Å². The Bertz CT molecular complexity index is 778. The first-order chi connectivity index (χ1) is 10.4. The maximum Gasteiger partial charge on any atom is 0.308 e. The van der Waals surface area contributed by atoms with Crippen LogP contribution < -0.4 is 5.56 Å². The molecule has 0 aliphatic carbocycles. The van der Waals surface area contributed by atoms with Crippen LogP contribution in [-0.4, -0.2) is 20.6 Å². The van der Waals surface area contributed by atoms with Gasteiger partial charge in [0.2, 0.25) is 0 Å². The molecule has 0 amide bonds. The number of nitrogens with zero attached hydrogens (tertiary/aromatic N) is 2. The number of non-ortho nitro benzene ring substituents is 1. The molecule has 114 valence electrons. The number of aromatic nitrogens is 1. The standard InChI is InChI=1S/C15H14N2O5/c1-2-16-13(8-5-11(15(16)20)9-14(18)19)10-3-6-12(7-4-10)17(21)22/h3-8H,2,9H2,1H3,(H,18,19). The van der Waals surface area contributed by atoms with Gasteiger partial charge in [-0.15, -0.1) is 0 Å². The molecule has 0 fully saturated rings. The fourth-order valence-electron chi connectivity index (χ4n) is 2.24. The predicted octanol–water partition coefficient (Wildman–Crippen LogP) is 2.07. The van der Waals surface area contributed by atoms with Crippen LogP contribution in [0.5, 0.6) is 0 Å². The molecule has 1 N–H and O–H groups in total. The van der Waals surface area contributed by atoms with Crippen molar-refractivity contribution in [2.75, 3.05) is 0 Å². The zero-order valence-corrected chi connectivity index (χ0v) is 11.9. The van der Waals surface area contributed by atoms with Gasteiger partial charge in [-0.2, -0.15) is 0 Å². The number of hydrogen-bond acceptors (Lipinski definition) is 4. The number of benzene rings is 1. The van der Waals surface area contributed by atoms with Crippen molar-refractivity contribution in [2.45, 2.75) is 19.9 Å². The lowest BCUT2D eigenvalue weighted by atomic mass is 10.1. The van der Waals surface area contributed by atoms with Crippen LogP contribution in [0.4, 0.5) is 5.69 Å². The van der Waals surface area contributed by atoms with Gasteiger partial charge < -0.3 is 9.67 Å². The topological polar surface area (TPSA) is 102 Å². The maximum absolute atomic E-state index is 12.3. The number of nitro groups is 1. The number of rotatable bonds is 5. The molecule has 22 heavy (non-hydrogen) atoms. The molecule has 1 heterocycles. The lowest BCUT2D eigenvalue weighted by Crippen LogP contribution is -2.25. The first kappa shape index (κ1) is 15.4. The minimum Gasteiger partial charge on any atom is -0.481 e. The van der Waals surface area contributed by atoms with Crippen molar-refractivity contribution < 1.29 is 14.8 Å². The van der Waals surface area contributed by atoms with Gasteiger partial charge in [0.15, 0.2) is 0 Å². The van der Waals surface area contributed by atoms with E-state index >= 15 is 0 Å². The minimum atomic E-state index is -1.07. The second kappa shape index (κ2) is 6.21. The van der Waals surface area contributed by atoms with Crippen molar-refractivity contribution in [3.05, 3.63) is 62.4 Å². The Balaban J connectivity index is 2.51. The van der Waals surface area contributed by atoms with E-state index in [-0.39, 0.29) is 23.2 Å². The Morgan fingerprint density at radius 3 is 2.36 bits per heavy atom. The van der Waals surface area contributed by atoms with Gasteiger partial charge in [0.1, 0.15) is 0 Å². The van der Waals surface area contributed by atoms with Crippen LogP contribution in [0.3, 0.4) is 0 Å². The minimum absolute atomic E-state index is 0.0309. The molecule has 7 nitrogen and oxygen atoms in total. The molecule has 7 heteroatoms. The largest absolute Gasteiger partial charge is 0.481 e. The Hall–Kier alpha value is -2.96. The molecule has 1 aromatic carbocycles. The first-order valence-electron chi connectivity index (χ1n) is 6.63. The van der Waals surface area contributed by atoms with E-state index in [1.807, 2.05) is 0 Å². The van der Waals surface area contributed by atoms with Crippen LogP contribution >= 0.6 is 0 Å². The molecule has 0 aliphatic heterocycles. The third-order valence-electron chi connectivity index (χ3n) is 3.28. The molecule has 0 unspecified atom stereocenters. The Morgan fingerprint density at radius 2 is 1.86 bits per heavy atom. The highest BCUT2D eigenvalue weighted by molar-refractivity contribution is 5.70. The number of nitro benzene ring substituents is 1. The van der Waals surface area contributed by atoms with Crippen molar-refractivity contribution in [2.24, 2.45) is 0 Å².